The minimum absolute atomic E-state index is 0.118. The second-order valence-electron chi connectivity index (χ2n) is 6.91. The average Bonchev–Trinajstić information content (AvgIpc) is 2.72. The predicted octanol–water partition coefficient (Wildman–Crippen LogP) is 5.03. The van der Waals surface area contributed by atoms with Crippen LogP contribution in [0, 0.1) is 11.6 Å². The number of methoxy groups -OCH3 is 1. The Labute approximate surface area is 173 Å². The molecule has 154 valence electrons. The summed E-state index contributed by atoms with van der Waals surface area (Å²) in [5.74, 6) is -1.33. The summed E-state index contributed by atoms with van der Waals surface area (Å²) in [4.78, 5) is 21.4. The number of carbonyl (C=O) groups is 1. The van der Waals surface area contributed by atoms with Crippen molar-refractivity contribution in [1.82, 2.24) is 9.97 Å². The van der Waals surface area contributed by atoms with Gasteiger partial charge >= 0.3 is 0 Å². The van der Waals surface area contributed by atoms with Crippen molar-refractivity contribution in [2.24, 2.45) is 0 Å². The Morgan fingerprint density at radius 3 is 2.47 bits per heavy atom. The van der Waals surface area contributed by atoms with Gasteiger partial charge in [-0.15, -0.1) is 0 Å². The molecule has 0 aliphatic carbocycles. The summed E-state index contributed by atoms with van der Waals surface area (Å²) in [6.07, 6.45) is 3.26. The minimum Gasteiger partial charge on any atom is -0.497 e. The fourth-order valence-electron chi connectivity index (χ4n) is 2.79. The summed E-state index contributed by atoms with van der Waals surface area (Å²) < 4.78 is 31.6. The van der Waals surface area contributed by atoms with Crippen LogP contribution in [0.3, 0.4) is 0 Å². The molecule has 1 aromatic heterocycles. The van der Waals surface area contributed by atoms with Crippen LogP contribution < -0.4 is 10.1 Å². The van der Waals surface area contributed by atoms with Crippen LogP contribution in [-0.4, -0.2) is 23.0 Å². The van der Waals surface area contributed by atoms with Gasteiger partial charge in [0.2, 0.25) is 5.91 Å². The molecule has 0 fully saturated rings. The van der Waals surface area contributed by atoms with Crippen LogP contribution in [0.5, 0.6) is 5.75 Å². The van der Waals surface area contributed by atoms with Gasteiger partial charge in [0.15, 0.2) is 17.5 Å². The summed E-state index contributed by atoms with van der Waals surface area (Å²) in [6, 6.07) is 10.8. The molecule has 3 aromatic rings. The molecule has 2 aromatic carbocycles. The van der Waals surface area contributed by atoms with Crippen molar-refractivity contribution in [1.29, 1.82) is 0 Å². The van der Waals surface area contributed by atoms with Crippen molar-refractivity contribution < 1.29 is 18.3 Å². The molecule has 0 bridgehead atoms. The van der Waals surface area contributed by atoms with Crippen LogP contribution >= 0.6 is 0 Å². The van der Waals surface area contributed by atoms with Gasteiger partial charge in [-0.2, -0.15) is 0 Å². The quantitative estimate of drug-likeness (QED) is 0.620. The van der Waals surface area contributed by atoms with E-state index in [4.69, 9.17) is 4.74 Å². The van der Waals surface area contributed by atoms with Gasteiger partial charge in [-0.05, 0) is 61.9 Å². The molecule has 3 rings (SSSR count). The molecular weight excluding hydrogens is 388 g/mol. The third-order valence-corrected chi connectivity index (χ3v) is 4.22. The number of benzene rings is 2. The van der Waals surface area contributed by atoms with Gasteiger partial charge in [-0.3, -0.25) is 4.79 Å². The highest BCUT2D eigenvalue weighted by molar-refractivity contribution is 5.93. The first-order chi connectivity index (χ1) is 14.4. The fraction of sp³-hybridized carbons (Fsp3) is 0.174. The van der Waals surface area contributed by atoms with Gasteiger partial charge in [-0.1, -0.05) is 11.6 Å². The molecule has 0 saturated carbocycles. The number of nitrogens with one attached hydrogen (secondary N) is 1. The Morgan fingerprint density at radius 2 is 1.83 bits per heavy atom. The SMILES string of the molecule is COc1ccc(-c2cnc(NC(=O)Cc3ccc(F)c(F)c3)c(C=C(C)C)n2)cc1. The molecule has 7 heteroatoms. The fourth-order valence-corrected chi connectivity index (χ4v) is 2.79. The topological polar surface area (TPSA) is 64.1 Å². The van der Waals surface area contributed by atoms with E-state index in [0.717, 1.165) is 29.0 Å². The number of hydrogen-bond acceptors (Lipinski definition) is 4. The van der Waals surface area contributed by atoms with Gasteiger partial charge in [0.1, 0.15) is 11.4 Å². The first-order valence-corrected chi connectivity index (χ1v) is 9.26. The van der Waals surface area contributed by atoms with E-state index in [1.165, 1.54) is 6.07 Å². The summed E-state index contributed by atoms with van der Waals surface area (Å²) in [5.41, 5.74) is 3.34. The zero-order valence-electron chi connectivity index (χ0n) is 16.9. The summed E-state index contributed by atoms with van der Waals surface area (Å²) in [5, 5.41) is 2.70. The predicted molar refractivity (Wildman–Crippen MR) is 112 cm³/mol. The molecule has 1 amide bonds. The Hall–Kier alpha value is -3.61. The third kappa shape index (κ3) is 5.26. The number of aromatic nitrogens is 2. The van der Waals surface area contributed by atoms with Crippen molar-refractivity contribution in [3.05, 3.63) is 77.1 Å². The second-order valence-corrected chi connectivity index (χ2v) is 6.91. The number of anilines is 1. The van der Waals surface area contributed by atoms with Crippen LogP contribution in [-0.2, 0) is 11.2 Å². The molecule has 0 aliphatic rings. The van der Waals surface area contributed by atoms with Crippen molar-refractivity contribution in [3.8, 4) is 17.0 Å². The van der Waals surface area contributed by atoms with Gasteiger partial charge in [0.25, 0.3) is 0 Å². The van der Waals surface area contributed by atoms with Crippen molar-refractivity contribution in [3.63, 3.8) is 0 Å². The van der Waals surface area contributed by atoms with Crippen LogP contribution in [0.1, 0.15) is 25.1 Å². The van der Waals surface area contributed by atoms with Crippen molar-refractivity contribution in [2.75, 3.05) is 12.4 Å². The molecule has 0 atom stereocenters. The third-order valence-electron chi connectivity index (χ3n) is 4.22. The smallest absolute Gasteiger partial charge is 0.230 e. The Kier molecular flexibility index (Phi) is 6.51. The van der Waals surface area contributed by atoms with E-state index in [1.807, 2.05) is 44.2 Å². The maximum atomic E-state index is 13.4. The van der Waals surface area contributed by atoms with Crippen LogP contribution in [0.2, 0.25) is 0 Å². The lowest BCUT2D eigenvalue weighted by Gasteiger charge is -2.10. The number of ether oxygens (including phenoxy) is 1. The number of nitrogens with zero attached hydrogens (tertiary/aromatic N) is 2. The molecule has 1 heterocycles. The van der Waals surface area contributed by atoms with Gasteiger partial charge in [0.05, 0.1) is 25.4 Å². The van der Waals surface area contributed by atoms with E-state index in [9.17, 15) is 13.6 Å². The molecular formula is C23H21F2N3O2. The first kappa shape index (κ1) is 21.1. The van der Waals surface area contributed by atoms with Gasteiger partial charge in [0, 0.05) is 5.56 Å². The van der Waals surface area contributed by atoms with Crippen molar-refractivity contribution >= 4 is 17.8 Å². The Morgan fingerprint density at radius 1 is 1.10 bits per heavy atom. The number of hydrogen-bond donors (Lipinski definition) is 1. The molecule has 0 aliphatic heterocycles. The number of amides is 1. The minimum atomic E-state index is -0.992. The van der Waals surface area contributed by atoms with Crippen LogP contribution in [0.25, 0.3) is 17.3 Å². The van der Waals surface area contributed by atoms with E-state index >= 15 is 0 Å². The molecule has 5 nitrogen and oxygen atoms in total. The standard InChI is InChI=1S/C23H21F2N3O2/c1-14(2)10-20-23(28-22(29)12-15-4-9-18(24)19(25)11-15)26-13-21(27-20)16-5-7-17(30-3)8-6-16/h4-11,13H,12H2,1-3H3,(H,26,28,29). The van der Waals surface area contributed by atoms with Gasteiger partial charge in [-0.25, -0.2) is 18.7 Å². The lowest BCUT2D eigenvalue weighted by Crippen LogP contribution is -2.17. The van der Waals surface area contributed by atoms with E-state index in [1.54, 1.807) is 13.3 Å². The molecule has 0 unspecified atom stereocenters. The zero-order valence-corrected chi connectivity index (χ0v) is 16.9. The van der Waals surface area contributed by atoms with Gasteiger partial charge < -0.3 is 10.1 Å². The number of carbonyl (C=O) groups excluding carboxylic acids is 1. The molecule has 1 N–H and O–H groups in total. The highest BCUT2D eigenvalue weighted by atomic mass is 19.2. The molecule has 0 spiro atoms. The number of halogens is 2. The maximum Gasteiger partial charge on any atom is 0.230 e. The zero-order chi connectivity index (χ0) is 21.7. The highest BCUT2D eigenvalue weighted by Crippen LogP contribution is 2.23. The van der Waals surface area contributed by atoms with E-state index in [0.29, 0.717) is 22.8 Å². The lowest BCUT2D eigenvalue weighted by molar-refractivity contribution is -0.115. The molecule has 0 saturated heterocycles. The van der Waals surface area contributed by atoms with Crippen molar-refractivity contribution in [2.45, 2.75) is 20.3 Å². The second kappa shape index (κ2) is 9.26. The first-order valence-electron chi connectivity index (χ1n) is 9.26. The van der Waals surface area contributed by atoms with E-state index < -0.39 is 17.5 Å². The largest absolute Gasteiger partial charge is 0.497 e. The van der Waals surface area contributed by atoms with E-state index in [2.05, 4.69) is 15.3 Å². The molecule has 30 heavy (non-hydrogen) atoms. The van der Waals surface area contributed by atoms with Crippen LogP contribution in [0.15, 0.2) is 54.2 Å². The number of rotatable bonds is 6. The molecule has 0 radical (unpaired) electrons. The monoisotopic (exact) mass is 409 g/mol. The maximum absolute atomic E-state index is 13.4. The van der Waals surface area contributed by atoms with Crippen LogP contribution in [0.4, 0.5) is 14.6 Å². The Balaban J connectivity index is 1.84. The van der Waals surface area contributed by atoms with E-state index in [-0.39, 0.29) is 6.42 Å². The summed E-state index contributed by atoms with van der Waals surface area (Å²) >= 11 is 0. The average molecular weight is 409 g/mol. The summed E-state index contributed by atoms with van der Waals surface area (Å²) in [7, 11) is 1.60. The highest BCUT2D eigenvalue weighted by Gasteiger charge is 2.13. The number of allylic oxidation sites excluding steroid dienone is 1. The lowest BCUT2D eigenvalue weighted by atomic mass is 10.1. The normalized spacial score (nSPS) is 10.4. The summed E-state index contributed by atoms with van der Waals surface area (Å²) in [6.45, 7) is 3.82. The Bertz CT molecular complexity index is 1090.